The number of nitrogens with zero attached hydrogens (tertiary/aromatic N) is 1. The lowest BCUT2D eigenvalue weighted by atomic mass is 10.2. The quantitative estimate of drug-likeness (QED) is 0.709. The van der Waals surface area contributed by atoms with Crippen molar-refractivity contribution in [2.45, 2.75) is 38.1 Å². The van der Waals surface area contributed by atoms with E-state index in [9.17, 15) is 17.6 Å². The van der Waals surface area contributed by atoms with Crippen LogP contribution in [0, 0.1) is 5.82 Å². The van der Waals surface area contributed by atoms with Crippen molar-refractivity contribution < 1.29 is 17.6 Å². The fraction of sp³-hybridized carbons (Fsp3) is 0.350. The highest BCUT2D eigenvalue weighted by atomic mass is 32.2. The van der Waals surface area contributed by atoms with Gasteiger partial charge in [-0.25, -0.2) is 12.8 Å². The van der Waals surface area contributed by atoms with Gasteiger partial charge in [0.1, 0.15) is 5.82 Å². The Hall–Kier alpha value is -2.25. The number of carbonyl (C=O) groups is 1. The zero-order chi connectivity index (χ0) is 19.9. The van der Waals surface area contributed by atoms with Crippen LogP contribution in [0.3, 0.4) is 0 Å². The first-order valence-corrected chi connectivity index (χ1v) is 10.4. The van der Waals surface area contributed by atoms with Gasteiger partial charge in [0.15, 0.2) is 0 Å². The largest absolute Gasteiger partial charge is 0.348 e. The van der Waals surface area contributed by atoms with Gasteiger partial charge in [0.2, 0.25) is 10.0 Å². The molecule has 5 nitrogen and oxygen atoms in total. The van der Waals surface area contributed by atoms with Crippen LogP contribution in [0.5, 0.6) is 0 Å². The first-order valence-electron chi connectivity index (χ1n) is 9.01. The molecule has 0 atom stereocenters. The minimum absolute atomic E-state index is 0.110. The third kappa shape index (κ3) is 5.61. The van der Waals surface area contributed by atoms with Crippen molar-refractivity contribution in [2.75, 3.05) is 13.1 Å². The number of rotatable bonds is 9. The lowest BCUT2D eigenvalue weighted by Gasteiger charge is -2.21. The maximum Gasteiger partial charge on any atom is 0.251 e. The zero-order valence-electron chi connectivity index (χ0n) is 15.6. The number of nitrogens with one attached hydrogen (secondary N) is 1. The van der Waals surface area contributed by atoms with Crippen molar-refractivity contribution in [3.8, 4) is 0 Å². The molecular weight excluding hydrogens is 367 g/mol. The zero-order valence-corrected chi connectivity index (χ0v) is 16.4. The van der Waals surface area contributed by atoms with E-state index in [2.05, 4.69) is 5.32 Å². The number of hydrogen-bond donors (Lipinski definition) is 1. The molecule has 0 aliphatic carbocycles. The molecule has 2 aromatic rings. The number of amides is 1. The molecule has 27 heavy (non-hydrogen) atoms. The molecule has 2 aromatic carbocycles. The second-order valence-electron chi connectivity index (χ2n) is 6.24. The molecule has 0 aliphatic heterocycles. The smallest absolute Gasteiger partial charge is 0.251 e. The molecule has 1 N–H and O–H groups in total. The fourth-order valence-electron chi connectivity index (χ4n) is 2.68. The third-order valence-corrected chi connectivity index (χ3v) is 5.94. The molecule has 0 unspecified atom stereocenters. The highest BCUT2D eigenvalue weighted by Gasteiger charge is 2.23. The molecule has 7 heteroatoms. The van der Waals surface area contributed by atoms with Crippen LogP contribution in [0.15, 0.2) is 53.4 Å². The summed E-state index contributed by atoms with van der Waals surface area (Å²) < 4.78 is 40.1. The molecule has 146 valence electrons. The molecule has 0 saturated heterocycles. The SMILES string of the molecule is CCCN(CCC)S(=O)(=O)c1cccc(C(=O)NCc2ccc(F)cc2)c1. The number of benzene rings is 2. The molecule has 0 aliphatic rings. The third-order valence-electron chi connectivity index (χ3n) is 4.05. The summed E-state index contributed by atoms with van der Waals surface area (Å²) in [5.41, 5.74) is 1.02. The van der Waals surface area contributed by atoms with Gasteiger partial charge in [0.05, 0.1) is 4.90 Å². The van der Waals surface area contributed by atoms with E-state index in [4.69, 9.17) is 0 Å². The molecule has 0 spiro atoms. The lowest BCUT2D eigenvalue weighted by molar-refractivity contribution is 0.0950. The molecule has 0 saturated carbocycles. The summed E-state index contributed by atoms with van der Waals surface area (Å²) in [7, 11) is -3.64. The van der Waals surface area contributed by atoms with Crippen molar-refractivity contribution in [3.05, 3.63) is 65.5 Å². The van der Waals surface area contributed by atoms with Gasteiger partial charge in [-0.1, -0.05) is 32.0 Å². The number of carbonyl (C=O) groups excluding carboxylic acids is 1. The first-order chi connectivity index (χ1) is 12.9. The molecule has 0 aromatic heterocycles. The van der Waals surface area contributed by atoms with Gasteiger partial charge in [-0.2, -0.15) is 4.31 Å². The van der Waals surface area contributed by atoms with Gasteiger partial charge >= 0.3 is 0 Å². The first kappa shape index (κ1) is 21.1. The van der Waals surface area contributed by atoms with Crippen LogP contribution in [-0.4, -0.2) is 31.7 Å². The summed E-state index contributed by atoms with van der Waals surface area (Å²) in [4.78, 5) is 12.5. The minimum Gasteiger partial charge on any atom is -0.348 e. The molecular formula is C20H25FN2O3S. The van der Waals surface area contributed by atoms with Crippen LogP contribution in [0.1, 0.15) is 42.6 Å². The van der Waals surface area contributed by atoms with Crippen LogP contribution >= 0.6 is 0 Å². The Kier molecular flexibility index (Phi) is 7.50. The van der Waals surface area contributed by atoms with Crippen molar-refractivity contribution in [3.63, 3.8) is 0 Å². The Morgan fingerprint density at radius 3 is 2.26 bits per heavy atom. The van der Waals surface area contributed by atoms with E-state index in [0.29, 0.717) is 13.1 Å². The monoisotopic (exact) mass is 392 g/mol. The Labute approximate surface area is 160 Å². The van der Waals surface area contributed by atoms with E-state index in [1.54, 1.807) is 24.3 Å². The average molecular weight is 392 g/mol. The van der Waals surface area contributed by atoms with Crippen molar-refractivity contribution in [1.82, 2.24) is 9.62 Å². The van der Waals surface area contributed by atoms with Gasteiger partial charge in [0, 0.05) is 25.2 Å². The highest BCUT2D eigenvalue weighted by Crippen LogP contribution is 2.18. The summed E-state index contributed by atoms with van der Waals surface area (Å²) in [6.07, 6.45) is 1.44. The van der Waals surface area contributed by atoms with Gasteiger partial charge in [0.25, 0.3) is 5.91 Å². The van der Waals surface area contributed by atoms with Crippen LogP contribution in [0.25, 0.3) is 0 Å². The van der Waals surface area contributed by atoms with E-state index < -0.39 is 10.0 Å². The number of hydrogen-bond acceptors (Lipinski definition) is 3. The molecule has 0 heterocycles. The summed E-state index contributed by atoms with van der Waals surface area (Å²) in [5, 5.41) is 2.72. The summed E-state index contributed by atoms with van der Waals surface area (Å²) in [5.74, 6) is -0.722. The maximum absolute atomic E-state index is 12.9. The van der Waals surface area contributed by atoms with E-state index >= 15 is 0 Å². The normalized spacial score (nSPS) is 11.6. The highest BCUT2D eigenvalue weighted by molar-refractivity contribution is 7.89. The Morgan fingerprint density at radius 1 is 1.04 bits per heavy atom. The van der Waals surface area contributed by atoms with Gasteiger partial charge in [-0.05, 0) is 48.7 Å². The van der Waals surface area contributed by atoms with Crippen molar-refractivity contribution in [1.29, 1.82) is 0 Å². The lowest BCUT2D eigenvalue weighted by Crippen LogP contribution is -2.32. The van der Waals surface area contributed by atoms with E-state index in [1.807, 2.05) is 13.8 Å². The van der Waals surface area contributed by atoms with Crippen LogP contribution in [0.2, 0.25) is 0 Å². The molecule has 2 rings (SSSR count). The van der Waals surface area contributed by atoms with Crippen molar-refractivity contribution in [2.24, 2.45) is 0 Å². The summed E-state index contributed by atoms with van der Waals surface area (Å²) >= 11 is 0. The predicted molar refractivity (Wildman–Crippen MR) is 103 cm³/mol. The number of sulfonamides is 1. The fourth-order valence-corrected chi connectivity index (χ4v) is 4.35. The molecule has 1 amide bonds. The van der Waals surface area contributed by atoms with E-state index in [-0.39, 0.29) is 28.7 Å². The Bertz CT molecular complexity index is 861. The van der Waals surface area contributed by atoms with E-state index in [0.717, 1.165) is 18.4 Å². The second-order valence-corrected chi connectivity index (χ2v) is 8.18. The van der Waals surface area contributed by atoms with Crippen LogP contribution in [-0.2, 0) is 16.6 Å². The molecule has 0 bridgehead atoms. The minimum atomic E-state index is -3.64. The van der Waals surface area contributed by atoms with Crippen LogP contribution < -0.4 is 5.32 Å². The van der Waals surface area contributed by atoms with Crippen LogP contribution in [0.4, 0.5) is 4.39 Å². The van der Waals surface area contributed by atoms with Gasteiger partial charge in [-0.3, -0.25) is 4.79 Å². The van der Waals surface area contributed by atoms with Gasteiger partial charge < -0.3 is 5.32 Å². The Balaban J connectivity index is 2.15. The van der Waals surface area contributed by atoms with Crippen molar-refractivity contribution >= 4 is 15.9 Å². The maximum atomic E-state index is 12.9. The van der Waals surface area contributed by atoms with E-state index in [1.165, 1.54) is 28.6 Å². The summed E-state index contributed by atoms with van der Waals surface area (Å²) in [6, 6.07) is 11.9. The topological polar surface area (TPSA) is 66.5 Å². The standard InChI is InChI=1S/C20H25FN2O3S/c1-3-12-23(13-4-2)27(25,26)19-7-5-6-17(14-19)20(24)22-15-16-8-10-18(21)11-9-16/h5-11,14H,3-4,12-13,15H2,1-2H3,(H,22,24). The second kappa shape index (κ2) is 9.62. The number of halogens is 1. The van der Waals surface area contributed by atoms with Gasteiger partial charge in [-0.15, -0.1) is 0 Å². The Morgan fingerprint density at radius 2 is 1.67 bits per heavy atom. The molecule has 0 fully saturated rings. The predicted octanol–water partition coefficient (Wildman–Crippen LogP) is 3.57. The average Bonchev–Trinajstić information content (AvgIpc) is 2.67. The summed E-state index contributed by atoms with van der Waals surface area (Å²) in [6.45, 7) is 4.97. The molecule has 0 radical (unpaired) electrons.